The fourth-order valence-corrected chi connectivity index (χ4v) is 4.32. The Morgan fingerprint density at radius 3 is 2.54 bits per heavy atom. The van der Waals surface area contributed by atoms with Gasteiger partial charge in [0.1, 0.15) is 0 Å². The molecule has 1 saturated carbocycles. The van der Waals surface area contributed by atoms with E-state index in [1.165, 1.54) is 4.90 Å². The summed E-state index contributed by atoms with van der Waals surface area (Å²) >= 11 is 0. The van der Waals surface area contributed by atoms with Gasteiger partial charge in [-0.3, -0.25) is 29.7 Å². The summed E-state index contributed by atoms with van der Waals surface area (Å²) in [5.41, 5.74) is 0.581. The van der Waals surface area contributed by atoms with Crippen LogP contribution in [0, 0.1) is 5.92 Å². The maximum atomic E-state index is 13.1. The first-order valence-electron chi connectivity index (χ1n) is 10.6. The first-order chi connectivity index (χ1) is 13.6. The van der Waals surface area contributed by atoms with E-state index < -0.39 is 23.8 Å². The van der Waals surface area contributed by atoms with Crippen LogP contribution in [0.1, 0.15) is 51.9 Å². The van der Waals surface area contributed by atoms with Crippen LogP contribution in [0.2, 0.25) is 0 Å². The number of nitrogens with one attached hydrogen (secondary N) is 1. The number of rotatable bonds is 7. The second kappa shape index (κ2) is 10.1. The summed E-state index contributed by atoms with van der Waals surface area (Å²) in [6.45, 7) is 6.83. The molecule has 2 saturated heterocycles. The summed E-state index contributed by atoms with van der Waals surface area (Å²) in [5, 5.41) is 2.39. The van der Waals surface area contributed by atoms with E-state index in [1.54, 1.807) is 0 Å². The molecular weight excluding hydrogens is 360 g/mol. The van der Waals surface area contributed by atoms with Gasteiger partial charge in [-0.05, 0) is 25.7 Å². The van der Waals surface area contributed by atoms with E-state index in [2.05, 4.69) is 15.2 Å². The van der Waals surface area contributed by atoms with Crippen molar-refractivity contribution in [3.05, 3.63) is 0 Å². The van der Waals surface area contributed by atoms with Gasteiger partial charge in [-0.1, -0.05) is 26.2 Å². The number of amides is 4. The molecule has 8 nitrogen and oxygen atoms in total. The van der Waals surface area contributed by atoms with Crippen LogP contribution >= 0.6 is 0 Å². The first-order valence-corrected chi connectivity index (χ1v) is 10.6. The van der Waals surface area contributed by atoms with Crippen LogP contribution < -0.4 is 5.32 Å². The van der Waals surface area contributed by atoms with E-state index in [0.29, 0.717) is 18.7 Å². The monoisotopic (exact) mass is 392 g/mol. The summed E-state index contributed by atoms with van der Waals surface area (Å²) < 4.78 is 5.35. The Hall–Kier alpha value is -1.80. The second-order valence-corrected chi connectivity index (χ2v) is 7.76. The minimum absolute atomic E-state index is 0.101. The predicted molar refractivity (Wildman–Crippen MR) is 105 cm³/mol. The highest BCUT2D eigenvalue weighted by molar-refractivity contribution is 6.27. The Kier molecular flexibility index (Phi) is 7.56. The third-order valence-electron chi connectivity index (χ3n) is 5.88. The average Bonchev–Trinajstić information content (AvgIpc) is 2.71. The molecule has 1 unspecified atom stereocenters. The number of carbonyl (C=O) groups is 3. The highest BCUT2D eigenvalue weighted by Gasteiger charge is 2.45. The van der Waals surface area contributed by atoms with Crippen LogP contribution in [0.4, 0.5) is 4.79 Å². The minimum atomic E-state index is -0.965. The Balaban J connectivity index is 1.62. The Morgan fingerprint density at radius 1 is 1.14 bits per heavy atom. The number of barbiturate groups is 1. The lowest BCUT2D eigenvalue weighted by atomic mass is 9.90. The Morgan fingerprint density at radius 2 is 1.86 bits per heavy atom. The van der Waals surface area contributed by atoms with Gasteiger partial charge in [0.15, 0.2) is 5.92 Å². The molecule has 28 heavy (non-hydrogen) atoms. The van der Waals surface area contributed by atoms with Crippen LogP contribution in [0.15, 0.2) is 4.99 Å². The second-order valence-electron chi connectivity index (χ2n) is 7.76. The van der Waals surface area contributed by atoms with Crippen LogP contribution in [0.25, 0.3) is 0 Å². The zero-order chi connectivity index (χ0) is 19.9. The van der Waals surface area contributed by atoms with Crippen molar-refractivity contribution in [3.8, 4) is 0 Å². The molecular formula is C20H32N4O4. The van der Waals surface area contributed by atoms with Crippen molar-refractivity contribution in [3.63, 3.8) is 0 Å². The highest BCUT2D eigenvalue weighted by atomic mass is 16.5. The lowest BCUT2D eigenvalue weighted by Crippen LogP contribution is -2.62. The molecule has 0 aromatic heterocycles. The number of urea groups is 1. The molecule has 8 heteroatoms. The summed E-state index contributed by atoms with van der Waals surface area (Å²) in [6.07, 6.45) is 6.18. The first kappa shape index (κ1) is 20.9. The van der Waals surface area contributed by atoms with Crippen molar-refractivity contribution in [2.24, 2.45) is 10.9 Å². The standard InChI is InChI=1S/C20H32N4O4/c1-2-16(21-9-6-10-23-11-13-28-14-12-23)17-18(25)22-20(27)24(19(17)26)15-7-4-3-5-8-15/h15,17H,2-14H2,1H3,(H,22,25,27). The van der Waals surface area contributed by atoms with E-state index in [0.717, 1.165) is 71.4 Å². The van der Waals surface area contributed by atoms with Gasteiger partial charge in [-0.2, -0.15) is 0 Å². The molecule has 156 valence electrons. The van der Waals surface area contributed by atoms with Gasteiger partial charge in [0, 0.05) is 37.9 Å². The van der Waals surface area contributed by atoms with Gasteiger partial charge in [0.05, 0.1) is 13.2 Å². The van der Waals surface area contributed by atoms with E-state index in [4.69, 9.17) is 4.74 Å². The van der Waals surface area contributed by atoms with Crippen LogP contribution in [0.3, 0.4) is 0 Å². The van der Waals surface area contributed by atoms with E-state index in [9.17, 15) is 14.4 Å². The number of imide groups is 2. The van der Waals surface area contributed by atoms with Gasteiger partial charge in [-0.25, -0.2) is 4.79 Å². The number of carbonyl (C=O) groups excluding carboxylic acids is 3. The molecule has 0 aromatic carbocycles. The van der Waals surface area contributed by atoms with Crippen LogP contribution in [0.5, 0.6) is 0 Å². The fourth-order valence-electron chi connectivity index (χ4n) is 4.32. The predicted octanol–water partition coefficient (Wildman–Crippen LogP) is 1.59. The van der Waals surface area contributed by atoms with Crippen molar-refractivity contribution in [2.75, 3.05) is 39.4 Å². The van der Waals surface area contributed by atoms with Gasteiger partial charge in [0.2, 0.25) is 11.8 Å². The zero-order valence-corrected chi connectivity index (χ0v) is 16.8. The normalized spacial score (nSPS) is 25.9. The fraction of sp³-hybridized carbons (Fsp3) is 0.800. The number of morpholine rings is 1. The number of hydrogen-bond acceptors (Lipinski definition) is 6. The highest BCUT2D eigenvalue weighted by Crippen LogP contribution is 2.26. The van der Waals surface area contributed by atoms with Crippen molar-refractivity contribution >= 4 is 23.6 Å². The molecule has 1 atom stereocenters. The Labute approximate surface area is 166 Å². The van der Waals surface area contributed by atoms with Crippen LogP contribution in [-0.4, -0.2) is 78.8 Å². The molecule has 3 aliphatic rings. The minimum Gasteiger partial charge on any atom is -0.379 e. The molecule has 1 aliphatic carbocycles. The van der Waals surface area contributed by atoms with Gasteiger partial charge in [-0.15, -0.1) is 0 Å². The maximum Gasteiger partial charge on any atom is 0.331 e. The SMILES string of the molecule is CCC(=NCCCN1CCOCC1)C1C(=O)NC(=O)N(C2CCCCC2)C1=O. The van der Waals surface area contributed by atoms with Crippen molar-refractivity contribution in [1.29, 1.82) is 0 Å². The van der Waals surface area contributed by atoms with E-state index in [-0.39, 0.29) is 6.04 Å². The number of hydrogen-bond donors (Lipinski definition) is 1. The largest absolute Gasteiger partial charge is 0.379 e. The van der Waals surface area contributed by atoms with Crippen LogP contribution in [-0.2, 0) is 14.3 Å². The van der Waals surface area contributed by atoms with Crippen molar-refractivity contribution < 1.29 is 19.1 Å². The third kappa shape index (κ3) is 4.97. The number of aliphatic imine (C=N–C) groups is 1. The van der Waals surface area contributed by atoms with Gasteiger partial charge in [0.25, 0.3) is 0 Å². The van der Waals surface area contributed by atoms with Crippen molar-refractivity contribution in [1.82, 2.24) is 15.1 Å². The molecule has 3 rings (SSSR count). The average molecular weight is 393 g/mol. The molecule has 0 aromatic rings. The molecule has 2 aliphatic heterocycles. The maximum absolute atomic E-state index is 13.1. The smallest absolute Gasteiger partial charge is 0.331 e. The summed E-state index contributed by atoms with van der Waals surface area (Å²) in [5.74, 6) is -1.89. The molecule has 3 fully saturated rings. The van der Waals surface area contributed by atoms with Crippen molar-refractivity contribution in [2.45, 2.75) is 57.9 Å². The zero-order valence-electron chi connectivity index (χ0n) is 16.8. The molecule has 1 N–H and O–H groups in total. The summed E-state index contributed by atoms with van der Waals surface area (Å²) in [7, 11) is 0. The van der Waals surface area contributed by atoms with Gasteiger partial charge >= 0.3 is 6.03 Å². The molecule has 0 spiro atoms. The Bertz CT molecular complexity index is 609. The lowest BCUT2D eigenvalue weighted by molar-refractivity contribution is -0.141. The molecule has 4 amide bonds. The summed E-state index contributed by atoms with van der Waals surface area (Å²) in [6, 6.07) is -0.669. The summed E-state index contributed by atoms with van der Waals surface area (Å²) in [4.78, 5) is 46.1. The lowest BCUT2D eigenvalue weighted by Gasteiger charge is -2.37. The number of nitrogens with zero attached hydrogens (tertiary/aromatic N) is 3. The van der Waals surface area contributed by atoms with E-state index >= 15 is 0 Å². The molecule has 0 bridgehead atoms. The van der Waals surface area contributed by atoms with Gasteiger partial charge < -0.3 is 4.74 Å². The van der Waals surface area contributed by atoms with E-state index in [1.807, 2.05) is 6.92 Å². The molecule has 0 radical (unpaired) electrons. The molecule has 2 heterocycles. The number of ether oxygens (including phenoxy) is 1. The topological polar surface area (TPSA) is 91.3 Å². The third-order valence-corrected chi connectivity index (χ3v) is 5.88. The quantitative estimate of drug-likeness (QED) is 0.404.